The van der Waals surface area contributed by atoms with Crippen LogP contribution in [0, 0.1) is 5.92 Å². The third-order valence-corrected chi connectivity index (χ3v) is 8.55. The highest BCUT2D eigenvalue weighted by Crippen LogP contribution is 2.33. The Morgan fingerprint density at radius 1 is 1.00 bits per heavy atom. The molecule has 37 heavy (non-hydrogen) atoms. The number of anilines is 1. The number of ether oxygens (including phenoxy) is 1. The van der Waals surface area contributed by atoms with E-state index in [2.05, 4.69) is 15.1 Å². The van der Waals surface area contributed by atoms with Crippen LogP contribution < -0.4 is 15.0 Å². The van der Waals surface area contributed by atoms with E-state index in [1.165, 1.54) is 12.8 Å². The minimum Gasteiger partial charge on any atom is -0.489 e. The van der Waals surface area contributed by atoms with Gasteiger partial charge in [-0.15, -0.1) is 0 Å². The van der Waals surface area contributed by atoms with Gasteiger partial charge in [-0.25, -0.2) is 0 Å². The highest BCUT2D eigenvalue weighted by molar-refractivity contribution is 6.32. The lowest BCUT2D eigenvalue weighted by Gasteiger charge is -2.30. The zero-order valence-corrected chi connectivity index (χ0v) is 22.8. The maximum atomic E-state index is 13.4. The SMILES string of the molecule is O=C(N[C@H](CN1CCCC1)[C@H](O)c1ccc(OC2CCCC2)c(Cl)c1)C1CCN(c2ccc(Cl)cc2)C1. The lowest BCUT2D eigenvalue weighted by molar-refractivity contribution is -0.126. The maximum absolute atomic E-state index is 13.4. The Kier molecular flexibility index (Phi) is 8.81. The van der Waals surface area contributed by atoms with E-state index >= 15 is 0 Å². The molecule has 1 saturated carbocycles. The molecule has 5 rings (SSSR count). The molecule has 200 valence electrons. The van der Waals surface area contributed by atoms with E-state index in [1.54, 1.807) is 6.07 Å². The van der Waals surface area contributed by atoms with Gasteiger partial charge in [-0.1, -0.05) is 29.3 Å². The van der Waals surface area contributed by atoms with Gasteiger partial charge in [0.15, 0.2) is 0 Å². The predicted octanol–water partition coefficient (Wildman–Crippen LogP) is 5.46. The molecule has 2 aromatic carbocycles. The molecule has 6 nitrogen and oxygen atoms in total. The van der Waals surface area contributed by atoms with Crippen molar-refractivity contribution in [3.63, 3.8) is 0 Å². The molecule has 3 aliphatic rings. The normalized spacial score (nSPS) is 22.4. The first-order chi connectivity index (χ1) is 18.0. The second-order valence-electron chi connectivity index (χ2n) is 10.7. The molecule has 0 radical (unpaired) electrons. The molecule has 0 bridgehead atoms. The van der Waals surface area contributed by atoms with Crippen LogP contribution in [0.1, 0.15) is 56.6 Å². The molecule has 2 N–H and O–H groups in total. The number of nitrogens with one attached hydrogen (secondary N) is 1. The van der Waals surface area contributed by atoms with Crippen molar-refractivity contribution in [1.29, 1.82) is 0 Å². The predicted molar refractivity (Wildman–Crippen MR) is 149 cm³/mol. The van der Waals surface area contributed by atoms with Crippen molar-refractivity contribution in [3.05, 3.63) is 58.1 Å². The summed E-state index contributed by atoms with van der Waals surface area (Å²) in [5, 5.41) is 15.8. The Labute approximate surface area is 229 Å². The summed E-state index contributed by atoms with van der Waals surface area (Å²) in [5.41, 5.74) is 1.77. The summed E-state index contributed by atoms with van der Waals surface area (Å²) in [7, 11) is 0. The number of benzene rings is 2. The van der Waals surface area contributed by atoms with Gasteiger partial charge in [-0.3, -0.25) is 4.79 Å². The van der Waals surface area contributed by atoms with E-state index in [-0.39, 0.29) is 17.9 Å². The first-order valence-electron chi connectivity index (χ1n) is 13.6. The molecule has 8 heteroatoms. The van der Waals surface area contributed by atoms with Crippen LogP contribution in [0.2, 0.25) is 10.0 Å². The van der Waals surface area contributed by atoms with Gasteiger partial charge in [-0.05, 0) is 100.0 Å². The topological polar surface area (TPSA) is 65.0 Å². The second kappa shape index (κ2) is 12.2. The number of aliphatic hydroxyl groups excluding tert-OH is 1. The number of hydrogen-bond acceptors (Lipinski definition) is 5. The average molecular weight is 547 g/mol. The summed E-state index contributed by atoms with van der Waals surface area (Å²) >= 11 is 12.6. The van der Waals surface area contributed by atoms with Gasteiger partial charge in [0.2, 0.25) is 5.91 Å². The van der Waals surface area contributed by atoms with Crippen LogP contribution in [0.4, 0.5) is 5.69 Å². The Hall–Kier alpha value is -1.99. The summed E-state index contributed by atoms with van der Waals surface area (Å²) in [6.45, 7) is 4.05. The molecule has 1 unspecified atom stereocenters. The Morgan fingerprint density at radius 3 is 2.43 bits per heavy atom. The Morgan fingerprint density at radius 2 is 1.73 bits per heavy atom. The molecule has 0 spiro atoms. The first kappa shape index (κ1) is 26.6. The summed E-state index contributed by atoms with van der Waals surface area (Å²) in [6.07, 6.45) is 6.92. The van der Waals surface area contributed by atoms with Crippen molar-refractivity contribution >= 4 is 34.8 Å². The summed E-state index contributed by atoms with van der Waals surface area (Å²) in [5.74, 6) is 0.527. The third kappa shape index (κ3) is 6.72. The van der Waals surface area contributed by atoms with E-state index in [4.69, 9.17) is 27.9 Å². The van der Waals surface area contributed by atoms with Crippen LogP contribution in [0.15, 0.2) is 42.5 Å². The molecular formula is C29H37Cl2N3O3. The minimum atomic E-state index is -0.864. The standard InChI is InChI=1S/C29H37Cl2N3O3/c30-22-8-10-23(11-9-22)34-16-13-21(18-34)29(36)32-26(19-33-14-3-4-15-33)28(35)20-7-12-27(25(31)17-20)37-24-5-1-2-6-24/h7-12,17,21,24,26,28,35H,1-6,13-16,18-19H2,(H,32,36)/t21?,26-,28-/m1/s1. The van der Waals surface area contributed by atoms with Crippen LogP contribution in [0.5, 0.6) is 5.75 Å². The fourth-order valence-electron chi connectivity index (χ4n) is 5.84. The second-order valence-corrected chi connectivity index (χ2v) is 11.5. The largest absolute Gasteiger partial charge is 0.489 e. The van der Waals surface area contributed by atoms with E-state index in [0.29, 0.717) is 34.4 Å². The quantitative estimate of drug-likeness (QED) is 0.438. The van der Waals surface area contributed by atoms with Gasteiger partial charge in [0, 0.05) is 30.3 Å². The number of hydrogen-bond donors (Lipinski definition) is 2. The van der Waals surface area contributed by atoms with Gasteiger partial charge in [0.1, 0.15) is 11.9 Å². The maximum Gasteiger partial charge on any atom is 0.225 e. The van der Waals surface area contributed by atoms with Gasteiger partial charge in [0.25, 0.3) is 0 Å². The molecule has 1 amide bonds. The molecule has 0 aromatic heterocycles. The number of rotatable bonds is 9. The monoisotopic (exact) mass is 545 g/mol. The van der Waals surface area contributed by atoms with Crippen molar-refractivity contribution in [1.82, 2.24) is 10.2 Å². The number of nitrogens with zero attached hydrogens (tertiary/aromatic N) is 2. The number of likely N-dealkylation sites (tertiary alicyclic amines) is 1. The number of amides is 1. The third-order valence-electron chi connectivity index (χ3n) is 8.01. The molecular weight excluding hydrogens is 509 g/mol. The molecule has 1 aliphatic carbocycles. The lowest BCUT2D eigenvalue weighted by Crippen LogP contribution is -2.48. The van der Waals surface area contributed by atoms with E-state index in [9.17, 15) is 9.90 Å². The van der Waals surface area contributed by atoms with E-state index < -0.39 is 12.1 Å². The van der Waals surface area contributed by atoms with Crippen LogP contribution >= 0.6 is 23.2 Å². The molecule has 3 fully saturated rings. The Balaban J connectivity index is 1.25. The first-order valence-corrected chi connectivity index (χ1v) is 14.4. The molecule has 2 heterocycles. The highest BCUT2D eigenvalue weighted by Gasteiger charge is 2.33. The van der Waals surface area contributed by atoms with Gasteiger partial charge >= 0.3 is 0 Å². The van der Waals surface area contributed by atoms with Crippen molar-refractivity contribution in [2.24, 2.45) is 5.92 Å². The molecule has 2 saturated heterocycles. The van der Waals surface area contributed by atoms with Crippen molar-refractivity contribution in [2.75, 3.05) is 37.6 Å². The number of halogens is 2. The van der Waals surface area contributed by atoms with E-state index in [0.717, 1.165) is 57.4 Å². The smallest absolute Gasteiger partial charge is 0.225 e. The average Bonchev–Trinajstić information content (AvgIpc) is 3.68. The highest BCUT2D eigenvalue weighted by atomic mass is 35.5. The lowest BCUT2D eigenvalue weighted by atomic mass is 10.00. The Bertz CT molecular complexity index is 1050. The number of aliphatic hydroxyl groups is 1. The number of carbonyl (C=O) groups is 1. The van der Waals surface area contributed by atoms with Crippen LogP contribution in [-0.2, 0) is 4.79 Å². The van der Waals surface area contributed by atoms with E-state index in [1.807, 2.05) is 36.4 Å². The molecule has 2 aliphatic heterocycles. The fourth-order valence-corrected chi connectivity index (χ4v) is 6.20. The van der Waals surface area contributed by atoms with Crippen LogP contribution in [-0.4, -0.2) is 60.8 Å². The summed E-state index contributed by atoms with van der Waals surface area (Å²) in [6, 6.07) is 12.8. The van der Waals surface area contributed by atoms with Crippen LogP contribution in [0.3, 0.4) is 0 Å². The molecule has 2 aromatic rings. The van der Waals surface area contributed by atoms with Gasteiger partial charge < -0.3 is 25.0 Å². The summed E-state index contributed by atoms with van der Waals surface area (Å²) in [4.78, 5) is 17.9. The number of carbonyl (C=O) groups excluding carboxylic acids is 1. The van der Waals surface area contributed by atoms with Crippen molar-refractivity contribution < 1.29 is 14.6 Å². The minimum absolute atomic E-state index is 0.00741. The van der Waals surface area contributed by atoms with Gasteiger partial charge in [-0.2, -0.15) is 0 Å². The van der Waals surface area contributed by atoms with Crippen LogP contribution in [0.25, 0.3) is 0 Å². The zero-order valence-electron chi connectivity index (χ0n) is 21.3. The fraction of sp³-hybridized carbons (Fsp3) is 0.552. The molecule has 3 atom stereocenters. The van der Waals surface area contributed by atoms with Gasteiger partial charge in [0.05, 0.1) is 23.1 Å². The van der Waals surface area contributed by atoms with Crippen molar-refractivity contribution in [2.45, 2.75) is 63.2 Å². The zero-order chi connectivity index (χ0) is 25.8. The van der Waals surface area contributed by atoms with Crippen molar-refractivity contribution in [3.8, 4) is 5.75 Å². The summed E-state index contributed by atoms with van der Waals surface area (Å²) < 4.78 is 6.09.